The summed E-state index contributed by atoms with van der Waals surface area (Å²) in [5, 5.41) is 9.35. The zero-order chi connectivity index (χ0) is 11.5. The molecule has 16 heavy (non-hydrogen) atoms. The average Bonchev–Trinajstić information content (AvgIpc) is 2.71. The van der Waals surface area contributed by atoms with Crippen molar-refractivity contribution in [2.45, 2.75) is 12.3 Å². The van der Waals surface area contributed by atoms with Crippen LogP contribution in [0.4, 0.5) is 0 Å². The summed E-state index contributed by atoms with van der Waals surface area (Å²) in [7, 11) is 0. The van der Waals surface area contributed by atoms with Gasteiger partial charge in [-0.05, 0) is 41.5 Å². The first kappa shape index (κ1) is 12.0. The van der Waals surface area contributed by atoms with Crippen LogP contribution in [0.3, 0.4) is 0 Å². The van der Waals surface area contributed by atoms with E-state index in [9.17, 15) is 9.90 Å². The molecule has 0 aromatic heterocycles. The lowest BCUT2D eigenvalue weighted by molar-refractivity contribution is -0.140. The second-order valence-electron chi connectivity index (χ2n) is 3.99. The number of halogens is 1. The van der Waals surface area contributed by atoms with E-state index in [4.69, 9.17) is 0 Å². The van der Waals surface area contributed by atoms with Gasteiger partial charge in [0.15, 0.2) is 0 Å². The van der Waals surface area contributed by atoms with Gasteiger partial charge in [0.1, 0.15) is 0 Å². The fraction of sp³-hybridized carbons (Fsp3) is 0.417. The second kappa shape index (κ2) is 5.23. The third kappa shape index (κ3) is 2.61. The van der Waals surface area contributed by atoms with Crippen molar-refractivity contribution in [1.82, 2.24) is 0 Å². The number of hydrogen-bond donors (Lipinski definition) is 1. The quantitative estimate of drug-likeness (QED) is 0.930. The Balaban J connectivity index is 2.28. The van der Waals surface area contributed by atoms with Crippen molar-refractivity contribution in [3.05, 3.63) is 34.3 Å². The summed E-state index contributed by atoms with van der Waals surface area (Å²) >= 11 is 5.24. The molecule has 0 spiro atoms. The smallest absolute Gasteiger partial charge is 0.311 e. The lowest BCUT2D eigenvalue weighted by Crippen LogP contribution is -2.21. The Morgan fingerprint density at radius 3 is 2.94 bits per heavy atom. The van der Waals surface area contributed by atoms with Gasteiger partial charge in [-0.2, -0.15) is 11.8 Å². The summed E-state index contributed by atoms with van der Waals surface area (Å²) < 4.78 is 0.946. The minimum atomic E-state index is -0.703. The van der Waals surface area contributed by atoms with Gasteiger partial charge in [0.25, 0.3) is 0 Å². The lowest BCUT2D eigenvalue weighted by atomic mass is 9.86. The highest BCUT2D eigenvalue weighted by Crippen LogP contribution is 2.36. The van der Waals surface area contributed by atoms with E-state index in [1.807, 2.05) is 36.0 Å². The molecule has 2 rings (SSSR count). The summed E-state index contributed by atoms with van der Waals surface area (Å²) in [5.74, 6) is 1.27. The molecule has 1 aromatic carbocycles. The van der Waals surface area contributed by atoms with Crippen molar-refractivity contribution in [3.8, 4) is 0 Å². The van der Waals surface area contributed by atoms with Crippen LogP contribution in [0.25, 0.3) is 0 Å². The van der Waals surface area contributed by atoms with Gasteiger partial charge in [0.2, 0.25) is 0 Å². The van der Waals surface area contributed by atoms with E-state index < -0.39 is 5.97 Å². The highest BCUT2D eigenvalue weighted by molar-refractivity contribution is 9.10. The topological polar surface area (TPSA) is 37.3 Å². The number of thioether (sulfide) groups is 1. The summed E-state index contributed by atoms with van der Waals surface area (Å²) in [4.78, 5) is 11.4. The molecule has 1 N–H and O–H groups in total. The third-order valence-electron chi connectivity index (χ3n) is 2.91. The summed E-state index contributed by atoms with van der Waals surface area (Å²) in [6.07, 6.45) is 1.01. The third-order valence-corrected chi connectivity index (χ3v) is 4.59. The molecule has 1 aliphatic rings. The fourth-order valence-electron chi connectivity index (χ4n) is 2.13. The monoisotopic (exact) mass is 300 g/mol. The van der Waals surface area contributed by atoms with Gasteiger partial charge in [0, 0.05) is 4.47 Å². The van der Waals surface area contributed by atoms with Crippen molar-refractivity contribution in [2.24, 2.45) is 5.92 Å². The number of hydrogen-bond acceptors (Lipinski definition) is 2. The van der Waals surface area contributed by atoms with Crippen LogP contribution < -0.4 is 0 Å². The zero-order valence-electron chi connectivity index (χ0n) is 8.73. The molecular formula is C12H13BrO2S. The maximum atomic E-state index is 11.4. The van der Waals surface area contributed by atoms with Gasteiger partial charge in [0.05, 0.1) is 5.92 Å². The summed E-state index contributed by atoms with van der Waals surface area (Å²) in [6.45, 7) is 0. The molecule has 4 heteroatoms. The van der Waals surface area contributed by atoms with E-state index in [1.165, 1.54) is 0 Å². The number of carboxylic acid groups (broad SMARTS) is 1. The van der Waals surface area contributed by atoms with Crippen molar-refractivity contribution >= 4 is 33.7 Å². The molecule has 0 radical (unpaired) electrons. The van der Waals surface area contributed by atoms with Crippen LogP contribution in [0.1, 0.15) is 17.9 Å². The highest BCUT2D eigenvalue weighted by atomic mass is 79.9. The van der Waals surface area contributed by atoms with Gasteiger partial charge in [-0.1, -0.05) is 28.1 Å². The Bertz CT molecular complexity index is 388. The van der Waals surface area contributed by atoms with Gasteiger partial charge < -0.3 is 5.11 Å². The molecule has 2 nitrogen and oxygen atoms in total. The van der Waals surface area contributed by atoms with Crippen molar-refractivity contribution in [2.75, 3.05) is 11.5 Å². The van der Waals surface area contributed by atoms with E-state index in [2.05, 4.69) is 15.9 Å². The van der Waals surface area contributed by atoms with Crippen LogP contribution in [0.15, 0.2) is 28.7 Å². The number of carboxylic acids is 1. The maximum Gasteiger partial charge on any atom is 0.311 e. The molecule has 1 aliphatic heterocycles. The predicted octanol–water partition coefficient (Wildman–Crippen LogP) is 3.37. The standard InChI is InChI=1S/C12H13BrO2S/c13-10-3-1-2-8(6-10)11(12(14)15)9-4-5-16-7-9/h1-3,6,9,11H,4-5,7H2,(H,14,15). The van der Waals surface area contributed by atoms with Crippen LogP contribution >= 0.6 is 27.7 Å². The van der Waals surface area contributed by atoms with E-state index in [0.29, 0.717) is 0 Å². The van der Waals surface area contributed by atoms with Crippen LogP contribution in [0.2, 0.25) is 0 Å². The van der Waals surface area contributed by atoms with Crippen LogP contribution in [0.5, 0.6) is 0 Å². The molecule has 1 saturated heterocycles. The highest BCUT2D eigenvalue weighted by Gasteiger charge is 2.32. The van der Waals surface area contributed by atoms with E-state index in [0.717, 1.165) is 28.0 Å². The molecular weight excluding hydrogens is 288 g/mol. The summed E-state index contributed by atoms with van der Waals surface area (Å²) in [6, 6.07) is 7.65. The van der Waals surface area contributed by atoms with Crippen LogP contribution in [-0.4, -0.2) is 22.6 Å². The summed E-state index contributed by atoms with van der Waals surface area (Å²) in [5.41, 5.74) is 0.911. The molecule has 2 atom stereocenters. The molecule has 1 aromatic rings. The van der Waals surface area contributed by atoms with E-state index in [1.54, 1.807) is 0 Å². The van der Waals surface area contributed by atoms with E-state index >= 15 is 0 Å². The number of carbonyl (C=O) groups is 1. The second-order valence-corrected chi connectivity index (χ2v) is 6.06. The van der Waals surface area contributed by atoms with Crippen molar-refractivity contribution < 1.29 is 9.90 Å². The molecule has 86 valence electrons. The number of aliphatic carboxylic acids is 1. The van der Waals surface area contributed by atoms with Crippen molar-refractivity contribution in [1.29, 1.82) is 0 Å². The zero-order valence-corrected chi connectivity index (χ0v) is 11.1. The molecule has 2 unspecified atom stereocenters. The Morgan fingerprint density at radius 2 is 2.38 bits per heavy atom. The largest absolute Gasteiger partial charge is 0.481 e. The predicted molar refractivity (Wildman–Crippen MR) is 70.0 cm³/mol. The van der Waals surface area contributed by atoms with Gasteiger partial charge in [-0.25, -0.2) is 0 Å². The van der Waals surface area contributed by atoms with Crippen LogP contribution in [0, 0.1) is 5.92 Å². The minimum absolute atomic E-state index is 0.275. The normalized spacial score (nSPS) is 21.9. The molecule has 1 fully saturated rings. The first-order valence-electron chi connectivity index (χ1n) is 5.24. The van der Waals surface area contributed by atoms with Gasteiger partial charge >= 0.3 is 5.97 Å². The number of benzene rings is 1. The Labute approximate surface area is 108 Å². The Hall–Kier alpha value is -0.480. The molecule has 0 bridgehead atoms. The maximum absolute atomic E-state index is 11.4. The van der Waals surface area contributed by atoms with E-state index in [-0.39, 0.29) is 11.8 Å². The fourth-order valence-corrected chi connectivity index (χ4v) is 3.85. The molecule has 0 saturated carbocycles. The number of rotatable bonds is 3. The first-order chi connectivity index (χ1) is 7.68. The lowest BCUT2D eigenvalue weighted by Gasteiger charge is -2.19. The SMILES string of the molecule is O=C(O)C(c1cccc(Br)c1)C1CCSC1. The minimum Gasteiger partial charge on any atom is -0.481 e. The average molecular weight is 301 g/mol. The molecule has 1 heterocycles. The van der Waals surface area contributed by atoms with Gasteiger partial charge in [-0.15, -0.1) is 0 Å². The van der Waals surface area contributed by atoms with Crippen LogP contribution in [-0.2, 0) is 4.79 Å². The first-order valence-corrected chi connectivity index (χ1v) is 7.19. The van der Waals surface area contributed by atoms with Crippen molar-refractivity contribution in [3.63, 3.8) is 0 Å². The molecule has 0 aliphatic carbocycles. The Kier molecular flexibility index (Phi) is 3.92. The molecule has 0 amide bonds. The Morgan fingerprint density at radius 1 is 1.56 bits per heavy atom. The van der Waals surface area contributed by atoms with Gasteiger partial charge in [-0.3, -0.25) is 4.79 Å².